The Balaban J connectivity index is 1.19. The second-order valence-electron chi connectivity index (χ2n) is 8.92. The molecule has 7 heteroatoms. The molecule has 162 valence electrons. The topological polar surface area (TPSA) is 68.8 Å². The second-order valence-corrected chi connectivity index (χ2v) is 8.92. The number of rotatable bonds is 5. The molecule has 0 atom stereocenters. The average molecular weight is 419 g/mol. The SMILES string of the molecule is Cn1nc2c(c1CN1CCC(Cn3cnc(-c4ccncc4)cc3=O)CC1)CCCC2. The number of hydrogen-bond acceptors (Lipinski definition) is 5. The molecule has 0 aromatic carbocycles. The Hall–Kier alpha value is -2.80. The molecule has 1 saturated heterocycles. The van der Waals surface area contributed by atoms with Gasteiger partial charge in [0.25, 0.3) is 5.56 Å². The Morgan fingerprint density at radius 1 is 1.10 bits per heavy atom. The monoisotopic (exact) mass is 418 g/mol. The summed E-state index contributed by atoms with van der Waals surface area (Å²) in [5, 5.41) is 4.77. The lowest BCUT2D eigenvalue weighted by molar-refractivity contribution is 0.162. The van der Waals surface area contributed by atoms with Gasteiger partial charge in [-0.15, -0.1) is 0 Å². The van der Waals surface area contributed by atoms with Crippen LogP contribution in [0.2, 0.25) is 0 Å². The zero-order chi connectivity index (χ0) is 21.2. The van der Waals surface area contributed by atoms with E-state index in [2.05, 4.69) is 26.6 Å². The minimum absolute atomic E-state index is 0.0192. The smallest absolute Gasteiger partial charge is 0.253 e. The molecule has 3 aromatic heterocycles. The molecule has 1 aliphatic carbocycles. The van der Waals surface area contributed by atoms with Gasteiger partial charge in [-0.1, -0.05) is 0 Å². The van der Waals surface area contributed by atoms with Gasteiger partial charge in [-0.25, -0.2) is 4.98 Å². The highest BCUT2D eigenvalue weighted by Crippen LogP contribution is 2.26. The van der Waals surface area contributed by atoms with Crippen LogP contribution in [0.5, 0.6) is 0 Å². The first-order valence-corrected chi connectivity index (χ1v) is 11.4. The van der Waals surface area contributed by atoms with Crippen LogP contribution in [0.25, 0.3) is 11.3 Å². The van der Waals surface area contributed by atoms with Crippen LogP contribution in [-0.4, -0.2) is 42.3 Å². The zero-order valence-corrected chi connectivity index (χ0v) is 18.2. The van der Waals surface area contributed by atoms with Crippen molar-refractivity contribution in [1.82, 2.24) is 29.2 Å². The molecule has 0 spiro atoms. The summed E-state index contributed by atoms with van der Waals surface area (Å²) >= 11 is 0. The third-order valence-electron chi connectivity index (χ3n) is 6.84. The van der Waals surface area contributed by atoms with E-state index in [9.17, 15) is 4.79 Å². The fraction of sp³-hybridized carbons (Fsp3) is 0.500. The molecular weight excluding hydrogens is 388 g/mol. The Bertz CT molecular complexity index is 1100. The normalized spacial score (nSPS) is 17.6. The average Bonchev–Trinajstić information content (AvgIpc) is 3.12. The molecule has 0 unspecified atom stereocenters. The van der Waals surface area contributed by atoms with Crippen molar-refractivity contribution < 1.29 is 0 Å². The zero-order valence-electron chi connectivity index (χ0n) is 18.2. The summed E-state index contributed by atoms with van der Waals surface area (Å²) in [7, 11) is 2.09. The first kappa shape index (κ1) is 20.1. The lowest BCUT2D eigenvalue weighted by atomic mass is 9.94. The molecule has 1 fully saturated rings. The van der Waals surface area contributed by atoms with Crippen LogP contribution in [0.1, 0.15) is 42.6 Å². The Morgan fingerprint density at radius 3 is 2.65 bits per heavy atom. The molecule has 5 rings (SSSR count). The number of aryl methyl sites for hydroxylation is 2. The van der Waals surface area contributed by atoms with Gasteiger partial charge >= 0.3 is 0 Å². The molecule has 31 heavy (non-hydrogen) atoms. The van der Waals surface area contributed by atoms with Gasteiger partial charge in [-0.05, 0) is 75.2 Å². The maximum absolute atomic E-state index is 12.6. The van der Waals surface area contributed by atoms with Crippen molar-refractivity contribution in [1.29, 1.82) is 0 Å². The molecule has 3 aromatic rings. The summed E-state index contributed by atoms with van der Waals surface area (Å²) in [5.41, 5.74) is 5.87. The van der Waals surface area contributed by atoms with Gasteiger partial charge in [0.1, 0.15) is 0 Å². The quantitative estimate of drug-likeness (QED) is 0.637. The van der Waals surface area contributed by atoms with Gasteiger partial charge in [-0.3, -0.25) is 23.9 Å². The lowest BCUT2D eigenvalue weighted by Crippen LogP contribution is -2.36. The van der Waals surface area contributed by atoms with Gasteiger partial charge < -0.3 is 0 Å². The summed E-state index contributed by atoms with van der Waals surface area (Å²) in [5.74, 6) is 0.517. The molecule has 0 saturated carbocycles. The van der Waals surface area contributed by atoms with Crippen molar-refractivity contribution in [3.05, 3.63) is 64.2 Å². The first-order chi connectivity index (χ1) is 15.2. The Kier molecular flexibility index (Phi) is 5.68. The van der Waals surface area contributed by atoms with E-state index in [1.807, 2.05) is 12.1 Å². The number of pyridine rings is 1. The summed E-state index contributed by atoms with van der Waals surface area (Å²) in [6.07, 6.45) is 12.2. The summed E-state index contributed by atoms with van der Waals surface area (Å²) in [4.78, 5) is 23.7. The molecule has 0 amide bonds. The molecular formula is C24H30N6O. The van der Waals surface area contributed by atoms with Crippen LogP contribution in [0.15, 0.2) is 41.7 Å². The fourth-order valence-corrected chi connectivity index (χ4v) is 5.01. The van der Waals surface area contributed by atoms with Crippen LogP contribution in [0, 0.1) is 5.92 Å². The van der Waals surface area contributed by atoms with Crippen molar-refractivity contribution in [3.63, 3.8) is 0 Å². The standard InChI is InChI=1S/C24H30N6O/c1-28-23(20-4-2-3-5-21(20)27-28)16-29-12-8-18(9-13-29)15-30-17-26-22(14-24(30)31)19-6-10-25-11-7-19/h6-7,10-11,14,17-18H,2-5,8-9,12-13,15-16H2,1H3. The van der Waals surface area contributed by atoms with E-state index >= 15 is 0 Å². The number of aromatic nitrogens is 5. The van der Waals surface area contributed by atoms with E-state index in [4.69, 9.17) is 5.10 Å². The lowest BCUT2D eigenvalue weighted by Gasteiger charge is -2.32. The van der Waals surface area contributed by atoms with E-state index in [1.165, 1.54) is 36.2 Å². The van der Waals surface area contributed by atoms with E-state index in [0.717, 1.165) is 51.0 Å². The maximum atomic E-state index is 12.6. The van der Waals surface area contributed by atoms with E-state index in [-0.39, 0.29) is 5.56 Å². The fourth-order valence-electron chi connectivity index (χ4n) is 5.01. The van der Waals surface area contributed by atoms with Crippen LogP contribution in [0.4, 0.5) is 0 Å². The van der Waals surface area contributed by atoms with Crippen molar-refractivity contribution >= 4 is 0 Å². The van der Waals surface area contributed by atoms with Gasteiger partial charge in [-0.2, -0.15) is 5.10 Å². The van der Waals surface area contributed by atoms with E-state index < -0.39 is 0 Å². The van der Waals surface area contributed by atoms with Crippen LogP contribution in [-0.2, 0) is 33.0 Å². The molecule has 2 aliphatic rings. The minimum Gasteiger partial charge on any atom is -0.299 e. The van der Waals surface area contributed by atoms with Gasteiger partial charge in [0, 0.05) is 44.2 Å². The Labute approximate surface area is 182 Å². The highest BCUT2D eigenvalue weighted by atomic mass is 16.1. The second kappa shape index (κ2) is 8.75. The molecule has 0 radical (unpaired) electrons. The van der Waals surface area contributed by atoms with Crippen molar-refractivity contribution in [2.45, 2.75) is 51.6 Å². The predicted molar refractivity (Wildman–Crippen MR) is 120 cm³/mol. The number of nitrogens with zero attached hydrogens (tertiary/aromatic N) is 6. The number of hydrogen-bond donors (Lipinski definition) is 0. The van der Waals surface area contributed by atoms with Crippen molar-refractivity contribution in [2.75, 3.05) is 13.1 Å². The number of likely N-dealkylation sites (tertiary alicyclic amines) is 1. The summed E-state index contributed by atoms with van der Waals surface area (Å²) < 4.78 is 3.88. The third kappa shape index (κ3) is 4.32. The van der Waals surface area contributed by atoms with Gasteiger partial charge in [0.15, 0.2) is 0 Å². The molecule has 1 aliphatic heterocycles. The number of piperidine rings is 1. The predicted octanol–water partition coefficient (Wildman–Crippen LogP) is 2.83. The summed E-state index contributed by atoms with van der Waals surface area (Å²) in [6.45, 7) is 3.88. The summed E-state index contributed by atoms with van der Waals surface area (Å²) in [6, 6.07) is 5.39. The molecule has 7 nitrogen and oxygen atoms in total. The van der Waals surface area contributed by atoms with Crippen LogP contribution in [0.3, 0.4) is 0 Å². The van der Waals surface area contributed by atoms with Crippen LogP contribution < -0.4 is 5.56 Å². The van der Waals surface area contributed by atoms with E-state index in [0.29, 0.717) is 11.6 Å². The molecule has 0 bridgehead atoms. The van der Waals surface area contributed by atoms with Crippen LogP contribution >= 0.6 is 0 Å². The Morgan fingerprint density at radius 2 is 1.87 bits per heavy atom. The van der Waals surface area contributed by atoms with Crippen molar-refractivity contribution in [3.8, 4) is 11.3 Å². The van der Waals surface area contributed by atoms with E-state index in [1.54, 1.807) is 29.4 Å². The van der Waals surface area contributed by atoms with Crippen molar-refractivity contribution in [2.24, 2.45) is 13.0 Å². The number of fused-ring (bicyclic) bond motifs is 1. The molecule has 4 heterocycles. The largest absolute Gasteiger partial charge is 0.299 e. The maximum Gasteiger partial charge on any atom is 0.253 e. The highest BCUT2D eigenvalue weighted by Gasteiger charge is 2.24. The minimum atomic E-state index is 0.0192. The highest BCUT2D eigenvalue weighted by molar-refractivity contribution is 5.57. The first-order valence-electron chi connectivity index (χ1n) is 11.4. The third-order valence-corrected chi connectivity index (χ3v) is 6.84. The van der Waals surface area contributed by atoms with Gasteiger partial charge in [0.05, 0.1) is 23.4 Å². The van der Waals surface area contributed by atoms with Gasteiger partial charge in [0.2, 0.25) is 0 Å². The molecule has 0 N–H and O–H groups in total.